The Balaban J connectivity index is 3.01. The maximum atomic E-state index is 12.3. The molecule has 1 aromatic rings. The first-order chi connectivity index (χ1) is 9.20. The summed E-state index contributed by atoms with van der Waals surface area (Å²) in [6, 6.07) is 1.14. The van der Waals surface area contributed by atoms with Gasteiger partial charge in [0, 0.05) is 25.6 Å². The third-order valence-corrected chi connectivity index (χ3v) is 5.72. The zero-order valence-corrected chi connectivity index (χ0v) is 13.0. The van der Waals surface area contributed by atoms with Crippen LogP contribution >= 0.6 is 11.3 Å². The van der Waals surface area contributed by atoms with Crippen LogP contribution in [-0.4, -0.2) is 62.3 Å². The lowest BCUT2D eigenvalue weighted by Crippen LogP contribution is -2.36. The molecule has 0 spiro atoms. The van der Waals surface area contributed by atoms with Gasteiger partial charge in [-0.1, -0.05) is 0 Å². The second kappa shape index (κ2) is 6.64. The van der Waals surface area contributed by atoms with E-state index in [4.69, 9.17) is 9.84 Å². The van der Waals surface area contributed by atoms with E-state index in [0.29, 0.717) is 4.88 Å². The number of aliphatic hydroxyl groups is 1. The largest absolute Gasteiger partial charge is 0.477 e. The van der Waals surface area contributed by atoms with Gasteiger partial charge in [-0.15, -0.1) is 11.3 Å². The molecule has 1 unspecified atom stereocenters. The van der Waals surface area contributed by atoms with Gasteiger partial charge in [0.05, 0.1) is 17.6 Å². The standard InChI is InChI=1S/C11H17NO6S2/c1-7-10(4-9(19-7)11(14)15)20(16,17)12(2)5-8(13)6-18-3/h4,8,13H,5-6H2,1-3H3,(H,14,15). The quantitative estimate of drug-likeness (QED) is 0.752. The van der Waals surface area contributed by atoms with Crippen LogP contribution in [0.1, 0.15) is 14.5 Å². The lowest BCUT2D eigenvalue weighted by molar-refractivity contribution is 0.0554. The molecule has 0 aliphatic carbocycles. The SMILES string of the molecule is COCC(O)CN(C)S(=O)(=O)c1cc(C(=O)O)sc1C. The lowest BCUT2D eigenvalue weighted by atomic mass is 10.4. The Labute approximate surface area is 121 Å². The van der Waals surface area contributed by atoms with E-state index in [1.807, 2.05) is 0 Å². The minimum Gasteiger partial charge on any atom is -0.477 e. The third-order valence-electron chi connectivity index (χ3n) is 2.60. The van der Waals surface area contributed by atoms with E-state index in [1.54, 1.807) is 6.92 Å². The Bertz CT molecular complexity index is 580. The lowest BCUT2D eigenvalue weighted by Gasteiger charge is -2.20. The first-order valence-electron chi connectivity index (χ1n) is 5.67. The van der Waals surface area contributed by atoms with Crippen LogP contribution in [-0.2, 0) is 14.8 Å². The van der Waals surface area contributed by atoms with Crippen LogP contribution in [0.25, 0.3) is 0 Å². The highest BCUT2D eigenvalue weighted by Gasteiger charge is 2.27. The number of nitrogens with zero attached hydrogens (tertiary/aromatic N) is 1. The number of likely N-dealkylation sites (N-methyl/N-ethyl adjacent to an activating group) is 1. The van der Waals surface area contributed by atoms with Gasteiger partial charge < -0.3 is 14.9 Å². The number of carboxylic acid groups (broad SMARTS) is 1. The van der Waals surface area contributed by atoms with Crippen molar-refractivity contribution in [3.8, 4) is 0 Å². The molecule has 0 aliphatic heterocycles. The van der Waals surface area contributed by atoms with E-state index in [1.165, 1.54) is 14.2 Å². The minimum atomic E-state index is -3.83. The van der Waals surface area contributed by atoms with Gasteiger partial charge in [-0.05, 0) is 13.0 Å². The second-order valence-corrected chi connectivity index (χ2v) is 7.50. The Kier molecular flexibility index (Phi) is 5.66. The molecule has 0 saturated carbocycles. The summed E-state index contributed by atoms with van der Waals surface area (Å²) in [6.07, 6.45) is -0.947. The van der Waals surface area contributed by atoms with Gasteiger partial charge in [0.2, 0.25) is 10.0 Å². The molecular formula is C11H17NO6S2. The summed E-state index contributed by atoms with van der Waals surface area (Å²) >= 11 is 0.903. The van der Waals surface area contributed by atoms with E-state index in [2.05, 4.69) is 0 Å². The number of sulfonamides is 1. The van der Waals surface area contributed by atoms with Crippen LogP contribution < -0.4 is 0 Å². The van der Waals surface area contributed by atoms with Crippen molar-refractivity contribution >= 4 is 27.3 Å². The number of ether oxygens (including phenoxy) is 1. The van der Waals surface area contributed by atoms with Crippen LogP contribution in [0.5, 0.6) is 0 Å². The molecule has 1 heterocycles. The molecule has 0 saturated heterocycles. The Morgan fingerprint density at radius 2 is 2.15 bits per heavy atom. The highest BCUT2D eigenvalue weighted by atomic mass is 32.2. The summed E-state index contributed by atoms with van der Waals surface area (Å²) in [4.78, 5) is 11.2. The molecule has 0 aromatic carbocycles. The topological polar surface area (TPSA) is 104 Å². The van der Waals surface area contributed by atoms with Crippen molar-refractivity contribution in [3.05, 3.63) is 15.8 Å². The fourth-order valence-corrected chi connectivity index (χ4v) is 4.24. The van der Waals surface area contributed by atoms with E-state index in [-0.39, 0.29) is 22.9 Å². The highest BCUT2D eigenvalue weighted by Crippen LogP contribution is 2.27. The van der Waals surface area contributed by atoms with Crippen molar-refractivity contribution in [1.29, 1.82) is 0 Å². The number of thiophene rings is 1. The van der Waals surface area contributed by atoms with E-state index in [0.717, 1.165) is 21.7 Å². The second-order valence-electron chi connectivity index (χ2n) is 4.23. The van der Waals surface area contributed by atoms with Gasteiger partial charge in [-0.3, -0.25) is 0 Å². The van der Waals surface area contributed by atoms with Crippen LogP contribution in [0.2, 0.25) is 0 Å². The predicted molar refractivity (Wildman–Crippen MR) is 73.7 cm³/mol. The van der Waals surface area contributed by atoms with Crippen molar-refractivity contribution in [3.63, 3.8) is 0 Å². The summed E-state index contributed by atoms with van der Waals surface area (Å²) in [5.41, 5.74) is 0. The number of aromatic carboxylic acids is 1. The number of carboxylic acids is 1. The van der Waals surface area contributed by atoms with Gasteiger partial charge in [-0.2, -0.15) is 4.31 Å². The molecule has 1 aromatic heterocycles. The van der Waals surface area contributed by atoms with Crippen LogP contribution in [0.15, 0.2) is 11.0 Å². The summed E-state index contributed by atoms with van der Waals surface area (Å²) < 4.78 is 30.4. The molecule has 7 nitrogen and oxygen atoms in total. The van der Waals surface area contributed by atoms with Gasteiger partial charge in [-0.25, -0.2) is 13.2 Å². The highest BCUT2D eigenvalue weighted by molar-refractivity contribution is 7.89. The number of hydrogen-bond donors (Lipinski definition) is 2. The number of methoxy groups -OCH3 is 1. The number of aryl methyl sites for hydroxylation is 1. The zero-order valence-electron chi connectivity index (χ0n) is 11.4. The van der Waals surface area contributed by atoms with E-state index < -0.39 is 22.1 Å². The van der Waals surface area contributed by atoms with Crippen LogP contribution in [0.4, 0.5) is 0 Å². The third kappa shape index (κ3) is 3.76. The van der Waals surface area contributed by atoms with Crippen molar-refractivity contribution in [2.45, 2.75) is 17.9 Å². The number of rotatable bonds is 7. The maximum absolute atomic E-state index is 12.3. The van der Waals surface area contributed by atoms with Crippen LogP contribution in [0, 0.1) is 6.92 Å². The summed E-state index contributed by atoms with van der Waals surface area (Å²) in [6.45, 7) is 1.43. The molecule has 1 rings (SSSR count). The molecule has 0 aliphatic rings. The van der Waals surface area contributed by atoms with Crippen LogP contribution in [0.3, 0.4) is 0 Å². The number of hydrogen-bond acceptors (Lipinski definition) is 6. The number of aliphatic hydroxyl groups excluding tert-OH is 1. The molecule has 0 amide bonds. The first kappa shape index (κ1) is 17.1. The fraction of sp³-hybridized carbons (Fsp3) is 0.545. The Morgan fingerprint density at radius 3 is 2.60 bits per heavy atom. The molecule has 20 heavy (non-hydrogen) atoms. The molecule has 0 bridgehead atoms. The molecule has 0 radical (unpaired) electrons. The number of carbonyl (C=O) groups is 1. The summed E-state index contributed by atoms with van der Waals surface area (Å²) in [5, 5.41) is 18.5. The van der Waals surface area contributed by atoms with Gasteiger partial charge in [0.25, 0.3) is 0 Å². The fourth-order valence-electron chi connectivity index (χ4n) is 1.63. The smallest absolute Gasteiger partial charge is 0.345 e. The molecular weight excluding hydrogens is 306 g/mol. The monoisotopic (exact) mass is 323 g/mol. The zero-order chi connectivity index (χ0) is 15.5. The molecule has 114 valence electrons. The average molecular weight is 323 g/mol. The van der Waals surface area contributed by atoms with E-state index >= 15 is 0 Å². The molecule has 2 N–H and O–H groups in total. The van der Waals surface area contributed by atoms with Crippen molar-refractivity contribution in [2.24, 2.45) is 0 Å². The van der Waals surface area contributed by atoms with Crippen molar-refractivity contribution < 1.29 is 28.2 Å². The predicted octanol–water partition coefficient (Wildman–Crippen LogP) is 0.383. The molecule has 9 heteroatoms. The Hall–Kier alpha value is -1.00. The average Bonchev–Trinajstić information content (AvgIpc) is 2.72. The van der Waals surface area contributed by atoms with E-state index in [9.17, 15) is 18.3 Å². The molecule has 1 atom stereocenters. The maximum Gasteiger partial charge on any atom is 0.345 e. The summed E-state index contributed by atoms with van der Waals surface area (Å²) in [7, 11) is -1.10. The van der Waals surface area contributed by atoms with Gasteiger partial charge in [0.1, 0.15) is 4.88 Å². The minimum absolute atomic E-state index is 0.0167. The van der Waals surface area contributed by atoms with Crippen molar-refractivity contribution in [1.82, 2.24) is 4.31 Å². The molecule has 0 fully saturated rings. The first-order valence-corrected chi connectivity index (χ1v) is 7.92. The Morgan fingerprint density at radius 1 is 1.55 bits per heavy atom. The summed E-state index contributed by atoms with van der Waals surface area (Å²) in [5.74, 6) is -1.17. The normalized spacial score (nSPS) is 13.7. The van der Waals surface area contributed by atoms with Crippen molar-refractivity contribution in [2.75, 3.05) is 27.3 Å². The van der Waals surface area contributed by atoms with Gasteiger partial charge in [0.15, 0.2) is 0 Å². The van der Waals surface area contributed by atoms with Gasteiger partial charge >= 0.3 is 5.97 Å².